The van der Waals surface area contributed by atoms with Gasteiger partial charge >= 0.3 is 5.97 Å². The number of nitrogens with one attached hydrogen (secondary N) is 1. The normalized spacial score (nSPS) is 29.8. The molecule has 4 heteroatoms. The summed E-state index contributed by atoms with van der Waals surface area (Å²) in [6.45, 7) is 2.77. The van der Waals surface area contributed by atoms with Gasteiger partial charge in [0.25, 0.3) is 0 Å². The molecule has 0 aromatic rings. The molecule has 0 spiro atoms. The zero-order valence-electron chi connectivity index (χ0n) is 6.14. The van der Waals surface area contributed by atoms with Gasteiger partial charge in [-0.1, -0.05) is 0 Å². The van der Waals surface area contributed by atoms with Gasteiger partial charge in [-0.2, -0.15) is 0 Å². The van der Waals surface area contributed by atoms with Gasteiger partial charge in [0.2, 0.25) is 0 Å². The average molecular weight is 166 g/mol. The summed E-state index contributed by atoms with van der Waals surface area (Å²) in [5.41, 5.74) is -0.380. The van der Waals surface area contributed by atoms with Gasteiger partial charge in [-0.15, -0.1) is 12.4 Å². The highest BCUT2D eigenvalue weighted by atomic mass is 35.5. The molecule has 1 rings (SSSR count). The van der Waals surface area contributed by atoms with E-state index in [1.165, 1.54) is 7.11 Å². The maximum Gasteiger partial charge on any atom is 0.325 e. The smallest absolute Gasteiger partial charge is 0.325 e. The van der Waals surface area contributed by atoms with E-state index in [2.05, 4.69) is 10.1 Å². The van der Waals surface area contributed by atoms with E-state index in [-0.39, 0.29) is 23.9 Å². The molecule has 1 saturated heterocycles. The number of halogens is 1. The van der Waals surface area contributed by atoms with E-state index in [0.29, 0.717) is 0 Å². The van der Waals surface area contributed by atoms with E-state index >= 15 is 0 Å². The first-order chi connectivity index (χ1) is 4.19. The highest BCUT2D eigenvalue weighted by Crippen LogP contribution is 2.18. The Hall–Kier alpha value is -0.280. The largest absolute Gasteiger partial charge is 0.468 e. The molecule has 1 aliphatic heterocycles. The quantitative estimate of drug-likeness (QED) is 0.570. The van der Waals surface area contributed by atoms with E-state index in [9.17, 15) is 4.79 Å². The molecule has 1 N–H and O–H groups in total. The highest BCUT2D eigenvalue weighted by Gasteiger charge is 2.39. The first-order valence-corrected chi connectivity index (χ1v) is 3.02. The molecule has 1 atom stereocenters. The standard InChI is InChI=1S/C6H11NO2.ClH/c1-6(3-4-7-6)5(8)9-2;/h7H,3-4H2,1-2H3;1H. The van der Waals surface area contributed by atoms with Crippen LogP contribution in [0.5, 0.6) is 0 Å². The third-order valence-electron chi connectivity index (χ3n) is 1.78. The van der Waals surface area contributed by atoms with E-state index in [4.69, 9.17) is 0 Å². The van der Waals surface area contributed by atoms with Gasteiger partial charge in [0, 0.05) is 0 Å². The summed E-state index contributed by atoms with van der Waals surface area (Å²) in [6.07, 6.45) is 0.889. The molecule has 10 heavy (non-hydrogen) atoms. The van der Waals surface area contributed by atoms with Crippen molar-refractivity contribution in [3.05, 3.63) is 0 Å². The van der Waals surface area contributed by atoms with Crippen LogP contribution in [0.15, 0.2) is 0 Å². The molecule has 1 unspecified atom stereocenters. The van der Waals surface area contributed by atoms with E-state index in [1.54, 1.807) is 0 Å². The minimum Gasteiger partial charge on any atom is -0.468 e. The molecule has 60 valence electrons. The Kier molecular flexibility index (Phi) is 3.12. The predicted molar refractivity (Wildman–Crippen MR) is 40.3 cm³/mol. The number of hydrogen-bond donors (Lipinski definition) is 1. The molecule has 0 saturated carbocycles. The number of carbonyl (C=O) groups is 1. The molecule has 3 nitrogen and oxygen atoms in total. The Morgan fingerprint density at radius 2 is 2.20 bits per heavy atom. The van der Waals surface area contributed by atoms with Crippen molar-refractivity contribution in [2.75, 3.05) is 13.7 Å². The molecule has 0 bridgehead atoms. The summed E-state index contributed by atoms with van der Waals surface area (Å²) in [4.78, 5) is 10.8. The zero-order chi connectivity index (χ0) is 6.91. The second-order valence-corrected chi connectivity index (χ2v) is 2.50. The van der Waals surface area contributed by atoms with Crippen LogP contribution in [-0.4, -0.2) is 25.2 Å². The number of methoxy groups -OCH3 is 1. The lowest BCUT2D eigenvalue weighted by Crippen LogP contribution is -2.60. The Morgan fingerprint density at radius 1 is 1.70 bits per heavy atom. The lowest BCUT2D eigenvalue weighted by Gasteiger charge is -2.36. The fourth-order valence-corrected chi connectivity index (χ4v) is 0.899. The van der Waals surface area contributed by atoms with Crippen molar-refractivity contribution >= 4 is 18.4 Å². The highest BCUT2D eigenvalue weighted by molar-refractivity contribution is 5.85. The lowest BCUT2D eigenvalue weighted by molar-refractivity contribution is -0.150. The van der Waals surface area contributed by atoms with Crippen LogP contribution in [0.25, 0.3) is 0 Å². The summed E-state index contributed by atoms with van der Waals surface area (Å²) in [5, 5.41) is 3.00. The topological polar surface area (TPSA) is 38.3 Å². The van der Waals surface area contributed by atoms with Crippen LogP contribution < -0.4 is 5.32 Å². The average Bonchev–Trinajstić information content (AvgIpc) is 1.81. The van der Waals surface area contributed by atoms with Gasteiger partial charge < -0.3 is 10.1 Å². The molecule has 1 aliphatic rings. The monoisotopic (exact) mass is 165 g/mol. The molecular weight excluding hydrogens is 154 g/mol. The number of ether oxygens (including phenoxy) is 1. The maximum atomic E-state index is 10.8. The van der Waals surface area contributed by atoms with Gasteiger partial charge in [0.1, 0.15) is 5.54 Å². The molecule has 0 amide bonds. The number of carbonyl (C=O) groups excluding carboxylic acids is 1. The Bertz CT molecular complexity index is 134. The predicted octanol–water partition coefficient (Wildman–Crippen LogP) is 0.333. The molecule has 0 aliphatic carbocycles. The first-order valence-electron chi connectivity index (χ1n) is 3.02. The van der Waals surface area contributed by atoms with Crippen molar-refractivity contribution in [3.63, 3.8) is 0 Å². The van der Waals surface area contributed by atoms with Crippen molar-refractivity contribution in [3.8, 4) is 0 Å². The van der Waals surface area contributed by atoms with Crippen LogP contribution >= 0.6 is 12.4 Å². The summed E-state index contributed by atoms with van der Waals surface area (Å²) in [6, 6.07) is 0. The fraction of sp³-hybridized carbons (Fsp3) is 0.833. The summed E-state index contributed by atoms with van der Waals surface area (Å²) >= 11 is 0. The van der Waals surface area contributed by atoms with Gasteiger partial charge in [0.15, 0.2) is 0 Å². The second kappa shape index (κ2) is 3.21. The minimum atomic E-state index is -0.380. The van der Waals surface area contributed by atoms with Crippen molar-refractivity contribution < 1.29 is 9.53 Å². The second-order valence-electron chi connectivity index (χ2n) is 2.50. The Balaban J connectivity index is 0.000000810. The van der Waals surface area contributed by atoms with Crippen LogP contribution in [-0.2, 0) is 9.53 Å². The number of hydrogen-bond acceptors (Lipinski definition) is 3. The van der Waals surface area contributed by atoms with Crippen LogP contribution in [0, 0.1) is 0 Å². The third-order valence-corrected chi connectivity index (χ3v) is 1.78. The molecule has 0 aromatic carbocycles. The molecule has 0 aromatic heterocycles. The third kappa shape index (κ3) is 1.41. The summed E-state index contributed by atoms with van der Waals surface area (Å²) in [5.74, 6) is -0.159. The van der Waals surface area contributed by atoms with Crippen molar-refractivity contribution in [1.82, 2.24) is 5.32 Å². The van der Waals surface area contributed by atoms with Gasteiger partial charge in [-0.25, -0.2) is 0 Å². The van der Waals surface area contributed by atoms with Gasteiger partial charge in [-0.05, 0) is 19.9 Å². The fourth-order valence-electron chi connectivity index (χ4n) is 0.899. The molecule has 1 heterocycles. The van der Waals surface area contributed by atoms with E-state index < -0.39 is 0 Å². The van der Waals surface area contributed by atoms with Crippen LogP contribution in [0.2, 0.25) is 0 Å². The SMILES string of the molecule is COC(=O)C1(C)CCN1.Cl. The van der Waals surface area contributed by atoms with Crippen LogP contribution in [0.3, 0.4) is 0 Å². The number of rotatable bonds is 1. The first kappa shape index (κ1) is 9.72. The van der Waals surface area contributed by atoms with Crippen molar-refractivity contribution in [2.45, 2.75) is 18.9 Å². The molecule has 1 fully saturated rings. The van der Waals surface area contributed by atoms with Crippen LogP contribution in [0.4, 0.5) is 0 Å². The molecule has 0 radical (unpaired) electrons. The Labute approximate surface area is 66.5 Å². The Morgan fingerprint density at radius 3 is 2.30 bits per heavy atom. The summed E-state index contributed by atoms with van der Waals surface area (Å²) in [7, 11) is 1.41. The van der Waals surface area contributed by atoms with E-state index in [1.807, 2.05) is 6.92 Å². The molecular formula is C6H12ClNO2. The van der Waals surface area contributed by atoms with Crippen LogP contribution in [0.1, 0.15) is 13.3 Å². The lowest BCUT2D eigenvalue weighted by atomic mass is 9.91. The minimum absolute atomic E-state index is 0. The van der Waals surface area contributed by atoms with Gasteiger partial charge in [-0.3, -0.25) is 4.79 Å². The van der Waals surface area contributed by atoms with Crippen molar-refractivity contribution in [2.24, 2.45) is 0 Å². The number of esters is 1. The summed E-state index contributed by atoms with van der Waals surface area (Å²) < 4.78 is 4.56. The van der Waals surface area contributed by atoms with Crippen molar-refractivity contribution in [1.29, 1.82) is 0 Å². The van der Waals surface area contributed by atoms with E-state index in [0.717, 1.165) is 13.0 Å². The maximum absolute atomic E-state index is 10.8. The van der Waals surface area contributed by atoms with Gasteiger partial charge in [0.05, 0.1) is 7.11 Å². The zero-order valence-corrected chi connectivity index (χ0v) is 6.96.